The van der Waals surface area contributed by atoms with Gasteiger partial charge in [0.15, 0.2) is 0 Å². The topological polar surface area (TPSA) is 25.8 Å². The van der Waals surface area contributed by atoms with Gasteiger partial charge in [0, 0.05) is 22.9 Å². The zero-order valence-corrected chi connectivity index (χ0v) is 20.0. The molecule has 0 N–H and O–H groups in total. The lowest BCUT2D eigenvalue weighted by molar-refractivity contribution is 0.590. The molecule has 0 amide bonds. The van der Waals surface area contributed by atoms with Gasteiger partial charge in [0.05, 0.1) is 17.1 Å². The molecule has 0 aliphatic heterocycles. The minimum atomic E-state index is 0.00399. The van der Waals surface area contributed by atoms with E-state index >= 15 is 0 Å². The third-order valence-electron chi connectivity index (χ3n) is 5.86. The second-order valence-electron chi connectivity index (χ2n) is 10.5. The molecule has 4 rings (SSSR count). The fraction of sp³-hybridized carbons (Fsp3) is 0.267. The van der Waals surface area contributed by atoms with Crippen LogP contribution < -0.4 is 0 Å². The fourth-order valence-corrected chi connectivity index (χ4v) is 3.99. The smallest absolute Gasteiger partial charge is 0.0712 e. The van der Waals surface area contributed by atoms with Crippen LogP contribution in [0.15, 0.2) is 85.1 Å². The maximum atomic E-state index is 5.09. The molecule has 4 aromatic rings. The minimum absolute atomic E-state index is 0.00399. The zero-order chi connectivity index (χ0) is 22.9. The molecule has 0 aliphatic rings. The molecule has 0 saturated heterocycles. The Morgan fingerprint density at radius 1 is 0.562 bits per heavy atom. The molecule has 162 valence electrons. The molecule has 0 radical (unpaired) electrons. The highest BCUT2D eigenvalue weighted by molar-refractivity contribution is 5.75. The van der Waals surface area contributed by atoms with Crippen molar-refractivity contribution in [3.05, 3.63) is 96.2 Å². The lowest BCUT2D eigenvalue weighted by Gasteiger charge is -2.24. The SMILES string of the molecule is CC(C)(C)c1ccc(-c2cccc(-c3cc(-c4ccccn4)ccc3C(C)(C)C)n2)cc1. The van der Waals surface area contributed by atoms with Crippen molar-refractivity contribution in [2.75, 3.05) is 0 Å². The lowest BCUT2D eigenvalue weighted by atomic mass is 9.82. The summed E-state index contributed by atoms with van der Waals surface area (Å²) >= 11 is 0. The van der Waals surface area contributed by atoms with Gasteiger partial charge in [0.1, 0.15) is 0 Å². The maximum Gasteiger partial charge on any atom is 0.0712 e. The first-order valence-corrected chi connectivity index (χ1v) is 11.3. The summed E-state index contributed by atoms with van der Waals surface area (Å²) in [5.41, 5.74) is 9.12. The van der Waals surface area contributed by atoms with E-state index in [1.54, 1.807) is 0 Å². The van der Waals surface area contributed by atoms with Crippen molar-refractivity contribution < 1.29 is 0 Å². The number of rotatable bonds is 3. The van der Waals surface area contributed by atoms with E-state index in [0.717, 1.165) is 33.8 Å². The predicted molar refractivity (Wildman–Crippen MR) is 136 cm³/mol. The Labute approximate surface area is 192 Å². The van der Waals surface area contributed by atoms with Crippen molar-refractivity contribution in [3.63, 3.8) is 0 Å². The molecule has 0 bridgehead atoms. The summed E-state index contributed by atoms with van der Waals surface area (Å²) in [6.07, 6.45) is 1.84. The van der Waals surface area contributed by atoms with E-state index in [4.69, 9.17) is 4.98 Å². The van der Waals surface area contributed by atoms with E-state index in [9.17, 15) is 0 Å². The summed E-state index contributed by atoms with van der Waals surface area (Å²) in [7, 11) is 0. The van der Waals surface area contributed by atoms with Crippen molar-refractivity contribution in [2.45, 2.75) is 52.4 Å². The first-order valence-electron chi connectivity index (χ1n) is 11.3. The third kappa shape index (κ3) is 4.65. The van der Waals surface area contributed by atoms with Gasteiger partial charge in [-0.2, -0.15) is 0 Å². The van der Waals surface area contributed by atoms with Crippen LogP contribution in [0.4, 0.5) is 0 Å². The predicted octanol–water partition coefficient (Wildman–Crippen LogP) is 8.07. The molecule has 2 aromatic carbocycles. The number of aromatic nitrogens is 2. The van der Waals surface area contributed by atoms with Crippen LogP contribution in [0.2, 0.25) is 0 Å². The Bertz CT molecular complexity index is 1210. The number of hydrogen-bond acceptors (Lipinski definition) is 2. The second kappa shape index (κ2) is 8.35. The van der Waals surface area contributed by atoms with Gasteiger partial charge in [-0.05, 0) is 52.3 Å². The van der Waals surface area contributed by atoms with Crippen molar-refractivity contribution in [1.82, 2.24) is 9.97 Å². The highest BCUT2D eigenvalue weighted by Crippen LogP contribution is 2.36. The average molecular weight is 421 g/mol. The zero-order valence-electron chi connectivity index (χ0n) is 20.0. The van der Waals surface area contributed by atoms with Gasteiger partial charge in [-0.15, -0.1) is 0 Å². The number of pyridine rings is 2. The molecule has 2 heteroatoms. The van der Waals surface area contributed by atoms with Gasteiger partial charge >= 0.3 is 0 Å². The molecule has 0 fully saturated rings. The molecule has 0 atom stereocenters. The van der Waals surface area contributed by atoms with Crippen LogP contribution >= 0.6 is 0 Å². The highest BCUT2D eigenvalue weighted by Gasteiger charge is 2.21. The standard InChI is InChI=1S/C30H32N2/c1-29(2,3)23-16-13-21(14-17-23)27-11-9-12-28(32-27)24-20-22(26-10-7-8-19-31-26)15-18-25(24)30(4,5)6/h7-20H,1-6H3. The summed E-state index contributed by atoms with van der Waals surface area (Å²) in [6.45, 7) is 13.5. The molecule has 2 heterocycles. The Hall–Kier alpha value is -3.26. The number of nitrogens with zero attached hydrogens (tertiary/aromatic N) is 2. The van der Waals surface area contributed by atoms with Gasteiger partial charge < -0.3 is 0 Å². The van der Waals surface area contributed by atoms with E-state index < -0.39 is 0 Å². The number of hydrogen-bond donors (Lipinski definition) is 0. The first kappa shape index (κ1) is 22.0. The minimum Gasteiger partial charge on any atom is -0.256 e. The van der Waals surface area contributed by atoms with Crippen LogP contribution in [0.1, 0.15) is 52.7 Å². The Morgan fingerprint density at radius 3 is 1.84 bits per heavy atom. The Morgan fingerprint density at radius 2 is 1.22 bits per heavy atom. The normalized spacial score (nSPS) is 12.1. The van der Waals surface area contributed by atoms with Crippen LogP contribution in [0.3, 0.4) is 0 Å². The van der Waals surface area contributed by atoms with Crippen molar-refractivity contribution in [3.8, 4) is 33.8 Å². The quantitative estimate of drug-likeness (QED) is 0.335. The summed E-state index contributed by atoms with van der Waals surface area (Å²) < 4.78 is 0. The molecule has 0 aliphatic carbocycles. The molecular formula is C30H32N2. The van der Waals surface area contributed by atoms with Gasteiger partial charge in [-0.3, -0.25) is 4.98 Å². The Balaban J connectivity index is 1.81. The van der Waals surface area contributed by atoms with Gasteiger partial charge in [0.25, 0.3) is 0 Å². The Kier molecular flexibility index (Phi) is 5.73. The van der Waals surface area contributed by atoms with Crippen LogP contribution in [-0.4, -0.2) is 9.97 Å². The van der Waals surface area contributed by atoms with Crippen LogP contribution in [0.5, 0.6) is 0 Å². The van der Waals surface area contributed by atoms with Crippen molar-refractivity contribution in [2.24, 2.45) is 0 Å². The summed E-state index contributed by atoms with van der Waals surface area (Å²) in [4.78, 5) is 9.64. The summed E-state index contributed by atoms with van der Waals surface area (Å²) in [5.74, 6) is 0. The summed E-state index contributed by atoms with van der Waals surface area (Å²) in [5, 5.41) is 0. The van der Waals surface area contributed by atoms with Gasteiger partial charge in [0.2, 0.25) is 0 Å². The van der Waals surface area contributed by atoms with E-state index in [1.165, 1.54) is 11.1 Å². The maximum absolute atomic E-state index is 5.09. The van der Waals surface area contributed by atoms with E-state index in [0.29, 0.717) is 0 Å². The van der Waals surface area contributed by atoms with Crippen LogP contribution in [0.25, 0.3) is 33.8 Å². The lowest BCUT2D eigenvalue weighted by Crippen LogP contribution is -2.13. The number of benzene rings is 2. The van der Waals surface area contributed by atoms with E-state index in [-0.39, 0.29) is 10.8 Å². The van der Waals surface area contributed by atoms with Gasteiger partial charge in [-0.1, -0.05) is 90.1 Å². The molecule has 0 unspecified atom stereocenters. The molecule has 2 aromatic heterocycles. The average Bonchev–Trinajstić information content (AvgIpc) is 2.78. The molecule has 32 heavy (non-hydrogen) atoms. The largest absolute Gasteiger partial charge is 0.256 e. The molecular weight excluding hydrogens is 388 g/mol. The third-order valence-corrected chi connectivity index (χ3v) is 5.86. The molecule has 2 nitrogen and oxygen atoms in total. The van der Waals surface area contributed by atoms with Crippen LogP contribution in [-0.2, 0) is 10.8 Å². The van der Waals surface area contributed by atoms with Crippen LogP contribution in [0, 0.1) is 0 Å². The highest BCUT2D eigenvalue weighted by atomic mass is 14.7. The summed E-state index contributed by atoms with van der Waals surface area (Å²) in [6, 6.07) is 27.8. The fourth-order valence-electron chi connectivity index (χ4n) is 3.99. The monoisotopic (exact) mass is 420 g/mol. The van der Waals surface area contributed by atoms with Gasteiger partial charge in [-0.25, -0.2) is 4.98 Å². The van der Waals surface area contributed by atoms with E-state index in [1.807, 2.05) is 18.3 Å². The molecule has 0 saturated carbocycles. The van der Waals surface area contributed by atoms with Crippen molar-refractivity contribution in [1.29, 1.82) is 0 Å². The molecule has 0 spiro atoms. The second-order valence-corrected chi connectivity index (χ2v) is 10.5. The van der Waals surface area contributed by atoms with E-state index in [2.05, 4.69) is 113 Å². The van der Waals surface area contributed by atoms with Crippen molar-refractivity contribution >= 4 is 0 Å². The first-order chi connectivity index (χ1) is 15.1.